The summed E-state index contributed by atoms with van der Waals surface area (Å²) in [5.41, 5.74) is 3.45. The van der Waals surface area contributed by atoms with Gasteiger partial charge >= 0.3 is 0 Å². The monoisotopic (exact) mass is 338 g/mol. The Bertz CT molecular complexity index is 846. The van der Waals surface area contributed by atoms with Gasteiger partial charge in [-0.15, -0.1) is 5.10 Å². The predicted octanol–water partition coefficient (Wildman–Crippen LogP) is 2.03. The number of benzene rings is 2. The van der Waals surface area contributed by atoms with Crippen molar-refractivity contribution in [2.24, 2.45) is 0 Å². The van der Waals surface area contributed by atoms with E-state index in [1.165, 1.54) is 6.33 Å². The lowest BCUT2D eigenvalue weighted by molar-refractivity contribution is -0.114. The van der Waals surface area contributed by atoms with Gasteiger partial charge < -0.3 is 15.4 Å². The molecule has 0 radical (unpaired) electrons. The van der Waals surface area contributed by atoms with E-state index in [1.807, 2.05) is 25.1 Å². The van der Waals surface area contributed by atoms with E-state index in [4.69, 9.17) is 4.74 Å². The first kappa shape index (κ1) is 16.4. The fraction of sp³-hybridized carbons (Fsp3) is 0.176. The number of hydrogen-bond donors (Lipinski definition) is 2. The van der Waals surface area contributed by atoms with Crippen molar-refractivity contribution >= 4 is 17.3 Å². The Hall–Kier alpha value is -3.42. The molecule has 0 aliphatic heterocycles. The first-order chi connectivity index (χ1) is 12.2. The highest BCUT2D eigenvalue weighted by molar-refractivity contribution is 5.93. The van der Waals surface area contributed by atoms with Crippen molar-refractivity contribution in [3.63, 3.8) is 0 Å². The largest absolute Gasteiger partial charge is 0.497 e. The highest BCUT2D eigenvalue weighted by Gasteiger charge is 2.06. The maximum Gasteiger partial charge on any atom is 0.243 e. The number of tetrazole rings is 1. The number of nitrogens with one attached hydrogen (secondary N) is 2. The molecule has 2 N–H and O–H groups in total. The summed E-state index contributed by atoms with van der Waals surface area (Å²) < 4.78 is 6.68. The van der Waals surface area contributed by atoms with E-state index < -0.39 is 0 Å². The summed E-state index contributed by atoms with van der Waals surface area (Å²) in [7, 11) is 1.60. The highest BCUT2D eigenvalue weighted by atomic mass is 16.5. The molecule has 0 saturated carbocycles. The lowest BCUT2D eigenvalue weighted by Crippen LogP contribution is -2.21. The molecule has 0 bridgehead atoms. The average Bonchev–Trinajstić information content (AvgIpc) is 3.15. The molecular formula is C17H18N6O2. The predicted molar refractivity (Wildman–Crippen MR) is 94.0 cm³/mol. The number of anilines is 2. The Morgan fingerprint density at radius 1 is 1.16 bits per heavy atom. The minimum Gasteiger partial charge on any atom is -0.497 e. The number of aryl methyl sites for hydroxylation is 1. The van der Waals surface area contributed by atoms with E-state index in [1.54, 1.807) is 36.1 Å². The summed E-state index contributed by atoms with van der Waals surface area (Å²) in [6.07, 6.45) is 1.54. The van der Waals surface area contributed by atoms with Gasteiger partial charge in [0.05, 0.1) is 19.3 Å². The van der Waals surface area contributed by atoms with E-state index >= 15 is 0 Å². The molecule has 1 heterocycles. The number of amides is 1. The summed E-state index contributed by atoms with van der Waals surface area (Å²) in [6.45, 7) is 2.12. The molecule has 1 amide bonds. The molecule has 0 spiro atoms. The van der Waals surface area contributed by atoms with Crippen LogP contribution in [0, 0.1) is 6.92 Å². The standard InChI is InChI=1S/C17H18N6O2/c1-12-9-14(5-8-16(12)23-11-19-21-22-23)18-10-17(24)20-13-3-6-15(25-2)7-4-13/h3-9,11,18H,10H2,1-2H3,(H,20,24). The van der Waals surface area contributed by atoms with Gasteiger partial charge in [-0.2, -0.15) is 0 Å². The lowest BCUT2D eigenvalue weighted by atomic mass is 10.2. The average molecular weight is 338 g/mol. The Balaban J connectivity index is 1.57. The summed E-state index contributed by atoms with van der Waals surface area (Å²) in [4.78, 5) is 12.0. The second-order valence-corrected chi connectivity index (χ2v) is 5.39. The van der Waals surface area contributed by atoms with Crippen molar-refractivity contribution in [2.45, 2.75) is 6.92 Å². The van der Waals surface area contributed by atoms with Crippen LogP contribution in [-0.4, -0.2) is 39.8 Å². The highest BCUT2D eigenvalue weighted by Crippen LogP contribution is 2.18. The molecule has 128 valence electrons. The van der Waals surface area contributed by atoms with Crippen molar-refractivity contribution in [1.82, 2.24) is 20.2 Å². The summed E-state index contributed by atoms with van der Waals surface area (Å²) >= 11 is 0. The topological polar surface area (TPSA) is 94.0 Å². The number of aromatic nitrogens is 4. The Kier molecular flexibility index (Phi) is 4.89. The number of ether oxygens (including phenoxy) is 1. The first-order valence-corrected chi connectivity index (χ1v) is 7.67. The van der Waals surface area contributed by atoms with Crippen LogP contribution in [0.15, 0.2) is 48.8 Å². The molecule has 0 aliphatic rings. The molecule has 2 aromatic carbocycles. The number of methoxy groups -OCH3 is 1. The van der Waals surface area contributed by atoms with Gasteiger partial charge in [-0.3, -0.25) is 4.79 Å². The fourth-order valence-corrected chi connectivity index (χ4v) is 2.36. The van der Waals surface area contributed by atoms with Crippen LogP contribution >= 0.6 is 0 Å². The van der Waals surface area contributed by atoms with Crippen LogP contribution in [0.25, 0.3) is 5.69 Å². The third-order valence-corrected chi connectivity index (χ3v) is 3.62. The first-order valence-electron chi connectivity index (χ1n) is 7.67. The fourth-order valence-electron chi connectivity index (χ4n) is 2.36. The smallest absolute Gasteiger partial charge is 0.243 e. The maximum atomic E-state index is 12.0. The second-order valence-electron chi connectivity index (χ2n) is 5.39. The van der Waals surface area contributed by atoms with E-state index in [2.05, 4.69) is 26.2 Å². The molecule has 8 nitrogen and oxygen atoms in total. The molecule has 0 fully saturated rings. The second kappa shape index (κ2) is 7.43. The minimum atomic E-state index is -0.132. The van der Waals surface area contributed by atoms with Crippen molar-refractivity contribution < 1.29 is 9.53 Å². The van der Waals surface area contributed by atoms with Crippen molar-refractivity contribution in [1.29, 1.82) is 0 Å². The zero-order chi connectivity index (χ0) is 17.6. The van der Waals surface area contributed by atoms with Crippen LogP contribution in [0.3, 0.4) is 0 Å². The van der Waals surface area contributed by atoms with Crippen LogP contribution in [0.1, 0.15) is 5.56 Å². The van der Waals surface area contributed by atoms with Crippen LogP contribution in [-0.2, 0) is 4.79 Å². The number of nitrogens with zero attached hydrogens (tertiary/aromatic N) is 4. The number of rotatable bonds is 6. The normalized spacial score (nSPS) is 10.3. The third-order valence-electron chi connectivity index (χ3n) is 3.62. The van der Waals surface area contributed by atoms with Crippen LogP contribution < -0.4 is 15.4 Å². The van der Waals surface area contributed by atoms with E-state index in [9.17, 15) is 4.79 Å². The zero-order valence-corrected chi connectivity index (χ0v) is 13.9. The molecule has 0 aliphatic carbocycles. The zero-order valence-electron chi connectivity index (χ0n) is 13.9. The molecule has 1 aromatic heterocycles. The van der Waals surface area contributed by atoms with Gasteiger partial charge in [0.2, 0.25) is 5.91 Å². The Labute approximate surface area is 144 Å². The van der Waals surface area contributed by atoms with E-state index in [0.717, 1.165) is 28.4 Å². The molecule has 25 heavy (non-hydrogen) atoms. The van der Waals surface area contributed by atoms with Gasteiger partial charge in [0, 0.05) is 11.4 Å². The molecule has 8 heteroatoms. The molecule has 3 rings (SSSR count). The van der Waals surface area contributed by atoms with Gasteiger partial charge in [0.25, 0.3) is 0 Å². The van der Waals surface area contributed by atoms with Gasteiger partial charge in [0.1, 0.15) is 12.1 Å². The summed E-state index contributed by atoms with van der Waals surface area (Å²) in [5, 5.41) is 17.1. The Morgan fingerprint density at radius 2 is 1.92 bits per heavy atom. The van der Waals surface area contributed by atoms with E-state index in [-0.39, 0.29) is 12.5 Å². The molecule has 0 atom stereocenters. The summed E-state index contributed by atoms with van der Waals surface area (Å²) in [5.74, 6) is 0.613. The van der Waals surface area contributed by atoms with Crippen LogP contribution in [0.4, 0.5) is 11.4 Å². The summed E-state index contributed by atoms with van der Waals surface area (Å²) in [6, 6.07) is 12.9. The van der Waals surface area contributed by atoms with Crippen LogP contribution in [0.2, 0.25) is 0 Å². The number of hydrogen-bond acceptors (Lipinski definition) is 6. The minimum absolute atomic E-state index is 0.132. The van der Waals surface area contributed by atoms with Crippen molar-refractivity contribution in [3.05, 3.63) is 54.4 Å². The molecule has 3 aromatic rings. The number of carbonyl (C=O) groups is 1. The molecular weight excluding hydrogens is 320 g/mol. The molecule has 0 unspecified atom stereocenters. The van der Waals surface area contributed by atoms with Crippen LogP contribution in [0.5, 0.6) is 5.75 Å². The SMILES string of the molecule is COc1ccc(NC(=O)CNc2ccc(-n3cnnn3)c(C)c2)cc1. The van der Waals surface area contributed by atoms with Crippen molar-refractivity contribution in [2.75, 3.05) is 24.3 Å². The third kappa shape index (κ3) is 4.11. The van der Waals surface area contributed by atoms with Gasteiger partial charge in [-0.25, -0.2) is 4.68 Å². The quantitative estimate of drug-likeness (QED) is 0.714. The lowest BCUT2D eigenvalue weighted by Gasteiger charge is -2.11. The van der Waals surface area contributed by atoms with Gasteiger partial charge in [0.15, 0.2) is 0 Å². The maximum absolute atomic E-state index is 12.0. The van der Waals surface area contributed by atoms with Gasteiger partial charge in [-0.1, -0.05) is 0 Å². The van der Waals surface area contributed by atoms with Gasteiger partial charge in [-0.05, 0) is 65.4 Å². The number of carbonyl (C=O) groups excluding carboxylic acids is 1. The van der Waals surface area contributed by atoms with E-state index in [0.29, 0.717) is 0 Å². The van der Waals surface area contributed by atoms with Crippen molar-refractivity contribution in [3.8, 4) is 11.4 Å². The molecule has 0 saturated heterocycles. The Morgan fingerprint density at radius 3 is 2.56 bits per heavy atom.